The van der Waals surface area contributed by atoms with Crippen LogP contribution in [0.2, 0.25) is 0 Å². The fourth-order valence-electron chi connectivity index (χ4n) is 4.25. The Hall–Kier alpha value is -1.88. The fourth-order valence-corrected chi connectivity index (χ4v) is 4.25. The minimum Gasteiger partial charge on any atom is -0.371 e. The second-order valence-corrected chi connectivity index (χ2v) is 7.64. The van der Waals surface area contributed by atoms with Gasteiger partial charge in [0.15, 0.2) is 0 Å². The van der Waals surface area contributed by atoms with E-state index in [0.717, 1.165) is 32.1 Å². The number of nitrogens with one attached hydrogen (secondary N) is 2. The molecule has 2 fully saturated rings. The minimum atomic E-state index is -0.106. The molecule has 1 saturated heterocycles. The van der Waals surface area contributed by atoms with Gasteiger partial charge in [-0.25, -0.2) is 0 Å². The summed E-state index contributed by atoms with van der Waals surface area (Å²) in [7, 11) is 0. The van der Waals surface area contributed by atoms with Gasteiger partial charge < -0.3 is 10.1 Å². The highest BCUT2D eigenvalue weighted by atomic mass is 35.5. The van der Waals surface area contributed by atoms with Gasteiger partial charge in [0.05, 0.1) is 24.8 Å². The van der Waals surface area contributed by atoms with Crippen LogP contribution in [0.25, 0.3) is 0 Å². The molecule has 0 bridgehead atoms. The maximum Gasteiger partial charge on any atom is 0.237 e. The summed E-state index contributed by atoms with van der Waals surface area (Å²) in [6.45, 7) is 0.607. The van der Waals surface area contributed by atoms with Gasteiger partial charge in [-0.05, 0) is 43.2 Å². The van der Waals surface area contributed by atoms with Crippen molar-refractivity contribution in [3.05, 3.63) is 71.8 Å². The van der Waals surface area contributed by atoms with Crippen molar-refractivity contribution in [2.45, 2.75) is 62.9 Å². The molecule has 1 aliphatic heterocycles. The molecule has 1 aliphatic carbocycles. The van der Waals surface area contributed by atoms with Crippen LogP contribution in [-0.4, -0.2) is 24.1 Å². The molecule has 2 aromatic carbocycles. The molecule has 5 heteroatoms. The summed E-state index contributed by atoms with van der Waals surface area (Å²) >= 11 is 0. The Morgan fingerprint density at radius 2 is 1.68 bits per heavy atom. The molecular formula is C23H29ClN2O2. The van der Waals surface area contributed by atoms with Gasteiger partial charge in [0.1, 0.15) is 0 Å². The third-order valence-corrected chi connectivity index (χ3v) is 5.75. The predicted molar refractivity (Wildman–Crippen MR) is 113 cm³/mol. The van der Waals surface area contributed by atoms with Crippen LogP contribution in [0.15, 0.2) is 60.7 Å². The van der Waals surface area contributed by atoms with Gasteiger partial charge in [-0.1, -0.05) is 60.7 Å². The highest BCUT2D eigenvalue weighted by Crippen LogP contribution is 2.28. The van der Waals surface area contributed by atoms with Crippen LogP contribution < -0.4 is 10.6 Å². The maximum atomic E-state index is 12.8. The molecule has 1 saturated carbocycles. The quantitative estimate of drug-likeness (QED) is 0.765. The maximum absolute atomic E-state index is 12.8. The first-order valence-electron chi connectivity index (χ1n) is 10.1. The molecule has 0 spiro atoms. The van der Waals surface area contributed by atoms with Gasteiger partial charge >= 0.3 is 0 Å². The van der Waals surface area contributed by atoms with Gasteiger partial charge in [-0.3, -0.25) is 10.1 Å². The summed E-state index contributed by atoms with van der Waals surface area (Å²) in [4.78, 5) is 12.8. The molecular weight excluding hydrogens is 372 g/mol. The van der Waals surface area contributed by atoms with Crippen molar-refractivity contribution in [1.82, 2.24) is 10.6 Å². The summed E-state index contributed by atoms with van der Waals surface area (Å²) < 4.78 is 6.12. The summed E-state index contributed by atoms with van der Waals surface area (Å²) in [5.41, 5.74) is 2.44. The monoisotopic (exact) mass is 400 g/mol. The highest BCUT2D eigenvalue weighted by Gasteiger charge is 2.34. The average Bonchev–Trinajstić information content (AvgIpc) is 3.38. The van der Waals surface area contributed by atoms with E-state index >= 15 is 0 Å². The third kappa shape index (κ3) is 5.13. The number of ether oxygens (including phenoxy) is 1. The third-order valence-electron chi connectivity index (χ3n) is 5.75. The molecule has 4 nitrogen and oxygen atoms in total. The summed E-state index contributed by atoms with van der Waals surface area (Å²) in [5.74, 6) is 0.119. The van der Waals surface area contributed by atoms with Crippen LogP contribution in [0.1, 0.15) is 49.3 Å². The minimum absolute atomic E-state index is 0. The molecule has 1 amide bonds. The van der Waals surface area contributed by atoms with Crippen LogP contribution in [-0.2, 0) is 16.1 Å². The summed E-state index contributed by atoms with van der Waals surface area (Å²) in [6, 6.07) is 20.9. The molecule has 0 radical (unpaired) electrons. The molecule has 4 atom stereocenters. The average molecular weight is 401 g/mol. The van der Waals surface area contributed by atoms with Crippen molar-refractivity contribution in [3.8, 4) is 0 Å². The topological polar surface area (TPSA) is 50.4 Å². The molecule has 0 aromatic heterocycles. The number of halogens is 1. The lowest BCUT2D eigenvalue weighted by molar-refractivity contribution is -0.124. The molecule has 150 valence electrons. The smallest absolute Gasteiger partial charge is 0.237 e. The van der Waals surface area contributed by atoms with Gasteiger partial charge in [0, 0.05) is 6.04 Å². The zero-order valence-corrected chi connectivity index (χ0v) is 16.9. The first kappa shape index (κ1) is 20.8. The zero-order chi connectivity index (χ0) is 18.5. The van der Waals surface area contributed by atoms with Gasteiger partial charge in [0.2, 0.25) is 5.91 Å². The van der Waals surface area contributed by atoms with Crippen molar-refractivity contribution in [2.75, 3.05) is 0 Å². The van der Waals surface area contributed by atoms with E-state index in [2.05, 4.69) is 47.0 Å². The number of carbonyl (C=O) groups is 1. The number of amides is 1. The standard InChI is InChI=1S/C23H28N2O2.ClH/c26-23(21-15-14-19(24-21)18-10-5-2-6-11-18)25-20-12-7-13-22(20)27-16-17-8-3-1-4-9-17;/h1-6,8-11,19-22,24H,7,12-16H2,(H,25,26);1H/t19-,20-,21-,22-;/m1./s1. The predicted octanol–water partition coefficient (Wildman–Crippen LogP) is 4.16. The van der Waals surface area contributed by atoms with E-state index in [4.69, 9.17) is 4.74 Å². The Kier molecular flexibility index (Phi) is 7.49. The molecule has 0 unspecified atom stereocenters. The van der Waals surface area contributed by atoms with E-state index < -0.39 is 0 Å². The van der Waals surface area contributed by atoms with Gasteiger partial charge in [0.25, 0.3) is 0 Å². The molecule has 2 aromatic rings. The first-order chi connectivity index (χ1) is 13.3. The Labute approximate surface area is 173 Å². The SMILES string of the molecule is Cl.O=C(N[C@@H]1CCC[C@H]1OCc1ccccc1)[C@H]1CC[C@H](c2ccccc2)N1. The lowest BCUT2D eigenvalue weighted by atomic mass is 10.1. The van der Waals surface area contributed by atoms with Crippen molar-refractivity contribution in [3.63, 3.8) is 0 Å². The molecule has 2 N–H and O–H groups in total. The molecule has 28 heavy (non-hydrogen) atoms. The number of hydrogen-bond donors (Lipinski definition) is 2. The second-order valence-electron chi connectivity index (χ2n) is 7.64. The van der Waals surface area contributed by atoms with E-state index in [-0.39, 0.29) is 42.5 Å². The normalized spacial score (nSPS) is 26.6. The zero-order valence-electron chi connectivity index (χ0n) is 16.1. The first-order valence-corrected chi connectivity index (χ1v) is 10.1. The lowest BCUT2D eigenvalue weighted by Gasteiger charge is -2.23. The number of rotatable bonds is 6. The van der Waals surface area contributed by atoms with Crippen LogP contribution in [0.5, 0.6) is 0 Å². The Morgan fingerprint density at radius 1 is 0.964 bits per heavy atom. The lowest BCUT2D eigenvalue weighted by Crippen LogP contribution is -2.48. The number of benzene rings is 2. The van der Waals surface area contributed by atoms with Crippen molar-refractivity contribution in [2.24, 2.45) is 0 Å². The largest absolute Gasteiger partial charge is 0.371 e. The van der Waals surface area contributed by atoms with Crippen LogP contribution >= 0.6 is 12.4 Å². The van der Waals surface area contributed by atoms with E-state index in [1.54, 1.807) is 0 Å². The second kappa shape index (κ2) is 10.1. The Morgan fingerprint density at radius 3 is 2.43 bits per heavy atom. The van der Waals surface area contributed by atoms with Crippen molar-refractivity contribution in [1.29, 1.82) is 0 Å². The van der Waals surface area contributed by atoms with E-state index in [1.165, 1.54) is 11.1 Å². The number of carbonyl (C=O) groups excluding carboxylic acids is 1. The van der Waals surface area contributed by atoms with Crippen LogP contribution in [0.4, 0.5) is 0 Å². The molecule has 1 heterocycles. The van der Waals surface area contributed by atoms with E-state index in [1.807, 2.05) is 24.3 Å². The van der Waals surface area contributed by atoms with Crippen LogP contribution in [0.3, 0.4) is 0 Å². The fraction of sp³-hybridized carbons (Fsp3) is 0.435. The van der Waals surface area contributed by atoms with Gasteiger partial charge in [-0.2, -0.15) is 0 Å². The van der Waals surface area contributed by atoms with E-state index in [0.29, 0.717) is 6.61 Å². The summed E-state index contributed by atoms with van der Waals surface area (Å²) in [5, 5.41) is 6.75. The Balaban J connectivity index is 0.00000225. The number of hydrogen-bond acceptors (Lipinski definition) is 3. The Bertz CT molecular complexity index is 741. The van der Waals surface area contributed by atoms with Gasteiger partial charge in [-0.15, -0.1) is 12.4 Å². The molecule has 4 rings (SSSR count). The van der Waals surface area contributed by atoms with Crippen molar-refractivity contribution < 1.29 is 9.53 Å². The van der Waals surface area contributed by atoms with E-state index in [9.17, 15) is 4.79 Å². The van der Waals surface area contributed by atoms with Crippen LogP contribution in [0, 0.1) is 0 Å². The van der Waals surface area contributed by atoms with Crippen molar-refractivity contribution >= 4 is 18.3 Å². The molecule has 2 aliphatic rings. The highest BCUT2D eigenvalue weighted by molar-refractivity contribution is 5.85. The summed E-state index contributed by atoms with van der Waals surface area (Å²) in [6.07, 6.45) is 5.12.